The Kier molecular flexibility index (Phi) is 5.22. The Balaban J connectivity index is 1.59. The van der Waals surface area contributed by atoms with Gasteiger partial charge in [0.2, 0.25) is 5.91 Å². The minimum atomic E-state index is -0.962. The summed E-state index contributed by atoms with van der Waals surface area (Å²) >= 11 is 0. The summed E-state index contributed by atoms with van der Waals surface area (Å²) in [6.45, 7) is 7.55. The highest BCUT2D eigenvalue weighted by atomic mass is 16.5. The molecule has 1 saturated heterocycles. The molecule has 0 radical (unpaired) electrons. The molecule has 5 heteroatoms. The molecule has 2 aromatic carbocycles. The average Bonchev–Trinajstić information content (AvgIpc) is 3.00. The van der Waals surface area contributed by atoms with Crippen molar-refractivity contribution in [3.63, 3.8) is 0 Å². The van der Waals surface area contributed by atoms with Crippen molar-refractivity contribution in [1.82, 2.24) is 0 Å². The lowest BCUT2D eigenvalue weighted by molar-refractivity contribution is -0.117. The summed E-state index contributed by atoms with van der Waals surface area (Å²) in [6, 6.07) is 14.5. The van der Waals surface area contributed by atoms with Crippen LogP contribution < -0.4 is 9.64 Å². The molecule has 27 heavy (non-hydrogen) atoms. The Bertz CT molecular complexity index is 819. The number of ether oxygens (including phenoxy) is 1. The monoisotopic (exact) mass is 367 g/mol. The van der Waals surface area contributed by atoms with Gasteiger partial charge in [-0.3, -0.25) is 4.79 Å². The van der Waals surface area contributed by atoms with Crippen molar-refractivity contribution in [3.8, 4) is 5.75 Å². The predicted molar refractivity (Wildman–Crippen MR) is 104 cm³/mol. The molecule has 1 amide bonds. The van der Waals surface area contributed by atoms with Crippen LogP contribution in [0.5, 0.6) is 5.75 Å². The van der Waals surface area contributed by atoms with E-state index in [4.69, 9.17) is 9.84 Å². The zero-order chi connectivity index (χ0) is 19.6. The van der Waals surface area contributed by atoms with Crippen molar-refractivity contribution < 1.29 is 19.4 Å². The zero-order valence-corrected chi connectivity index (χ0v) is 15.9. The van der Waals surface area contributed by atoms with E-state index in [1.807, 2.05) is 17.0 Å². The van der Waals surface area contributed by atoms with Gasteiger partial charge in [0.05, 0.1) is 12.2 Å². The highest BCUT2D eigenvalue weighted by Crippen LogP contribution is 2.29. The van der Waals surface area contributed by atoms with E-state index in [-0.39, 0.29) is 22.8 Å². The lowest BCUT2D eigenvalue weighted by Crippen LogP contribution is -2.25. The maximum absolute atomic E-state index is 12.4. The van der Waals surface area contributed by atoms with Gasteiger partial charge in [0, 0.05) is 24.6 Å². The van der Waals surface area contributed by atoms with Crippen molar-refractivity contribution in [1.29, 1.82) is 0 Å². The smallest absolute Gasteiger partial charge is 0.335 e. The van der Waals surface area contributed by atoms with Crippen LogP contribution in [0.15, 0.2) is 48.5 Å². The molecule has 1 heterocycles. The van der Waals surface area contributed by atoms with Crippen molar-refractivity contribution in [2.75, 3.05) is 18.1 Å². The number of hydrogen-bond donors (Lipinski definition) is 1. The molecule has 1 atom stereocenters. The number of carboxylic acids is 1. The summed E-state index contributed by atoms with van der Waals surface area (Å²) in [4.78, 5) is 25.1. The van der Waals surface area contributed by atoms with Crippen molar-refractivity contribution in [2.24, 2.45) is 5.92 Å². The first-order valence-electron chi connectivity index (χ1n) is 9.11. The molecule has 142 valence electrons. The number of nitrogens with zero attached hydrogens (tertiary/aromatic N) is 1. The fourth-order valence-electron chi connectivity index (χ4n) is 3.19. The lowest BCUT2D eigenvalue weighted by atomic mass is 9.87. The van der Waals surface area contributed by atoms with Crippen molar-refractivity contribution in [2.45, 2.75) is 32.6 Å². The summed E-state index contributed by atoms with van der Waals surface area (Å²) < 4.78 is 5.75. The normalized spacial score (nSPS) is 17.2. The summed E-state index contributed by atoms with van der Waals surface area (Å²) in [5.74, 6) is -0.135. The van der Waals surface area contributed by atoms with Gasteiger partial charge in [-0.25, -0.2) is 4.79 Å². The minimum absolute atomic E-state index is 0.0834. The highest BCUT2D eigenvalue weighted by Gasteiger charge is 2.31. The second-order valence-corrected chi connectivity index (χ2v) is 8.01. The molecular weight excluding hydrogens is 342 g/mol. The first kappa shape index (κ1) is 19.0. The molecule has 0 aliphatic carbocycles. The second kappa shape index (κ2) is 7.43. The van der Waals surface area contributed by atoms with Crippen molar-refractivity contribution >= 4 is 17.6 Å². The predicted octanol–water partition coefficient (Wildman–Crippen LogP) is 4.11. The van der Waals surface area contributed by atoms with E-state index in [2.05, 4.69) is 32.9 Å². The van der Waals surface area contributed by atoms with E-state index in [1.54, 1.807) is 12.1 Å². The van der Waals surface area contributed by atoms with Gasteiger partial charge in [0.1, 0.15) is 5.75 Å². The van der Waals surface area contributed by atoms with Crippen LogP contribution in [-0.2, 0) is 10.2 Å². The van der Waals surface area contributed by atoms with Crippen LogP contribution in [0.2, 0.25) is 0 Å². The van der Waals surface area contributed by atoms with Gasteiger partial charge in [-0.15, -0.1) is 0 Å². The number of rotatable bonds is 5. The SMILES string of the molecule is CC(C)(C)c1ccc(N2C[C@@H](COc3ccc(C(=O)O)cc3)CC2=O)cc1. The summed E-state index contributed by atoms with van der Waals surface area (Å²) in [7, 11) is 0. The molecule has 2 aromatic rings. The van der Waals surface area contributed by atoms with E-state index >= 15 is 0 Å². The third-order valence-electron chi connectivity index (χ3n) is 4.84. The maximum Gasteiger partial charge on any atom is 0.335 e. The standard InChI is InChI=1S/C22H25NO4/c1-22(2,3)17-6-8-18(9-7-17)23-13-15(12-20(23)24)14-27-19-10-4-16(5-11-19)21(25)26/h4-11,15H,12-14H2,1-3H3,(H,25,26)/t15-/m0/s1. The van der Waals surface area contributed by atoms with E-state index in [1.165, 1.54) is 17.7 Å². The molecule has 0 saturated carbocycles. The van der Waals surface area contributed by atoms with Gasteiger partial charge in [-0.05, 0) is 47.4 Å². The third-order valence-corrected chi connectivity index (χ3v) is 4.84. The molecule has 0 aromatic heterocycles. The van der Waals surface area contributed by atoms with Gasteiger partial charge in [-0.1, -0.05) is 32.9 Å². The van der Waals surface area contributed by atoms with Crippen LogP contribution >= 0.6 is 0 Å². The van der Waals surface area contributed by atoms with Gasteiger partial charge in [0.25, 0.3) is 0 Å². The number of carbonyl (C=O) groups is 2. The molecule has 0 bridgehead atoms. The van der Waals surface area contributed by atoms with Crippen LogP contribution in [-0.4, -0.2) is 30.1 Å². The maximum atomic E-state index is 12.4. The van der Waals surface area contributed by atoms with Crippen LogP contribution in [0, 0.1) is 5.92 Å². The van der Waals surface area contributed by atoms with E-state index in [0.29, 0.717) is 25.3 Å². The van der Waals surface area contributed by atoms with Crippen LogP contribution in [0.1, 0.15) is 43.1 Å². The number of hydrogen-bond acceptors (Lipinski definition) is 3. The van der Waals surface area contributed by atoms with Crippen LogP contribution in [0.25, 0.3) is 0 Å². The fraction of sp³-hybridized carbons (Fsp3) is 0.364. The topological polar surface area (TPSA) is 66.8 Å². The van der Waals surface area contributed by atoms with Gasteiger partial charge >= 0.3 is 5.97 Å². The average molecular weight is 367 g/mol. The quantitative estimate of drug-likeness (QED) is 0.863. The number of benzene rings is 2. The van der Waals surface area contributed by atoms with Crippen molar-refractivity contribution in [3.05, 3.63) is 59.7 Å². The Hall–Kier alpha value is -2.82. The number of amides is 1. The second-order valence-electron chi connectivity index (χ2n) is 8.01. The molecule has 0 unspecified atom stereocenters. The molecule has 1 aliphatic rings. The van der Waals surface area contributed by atoms with Gasteiger partial charge in [-0.2, -0.15) is 0 Å². The first-order chi connectivity index (χ1) is 12.7. The van der Waals surface area contributed by atoms with E-state index in [0.717, 1.165) is 5.69 Å². The summed E-state index contributed by atoms with van der Waals surface area (Å²) in [6.07, 6.45) is 0.453. The Morgan fingerprint density at radius 2 is 1.74 bits per heavy atom. The number of aromatic carboxylic acids is 1. The molecule has 1 N–H and O–H groups in total. The number of carboxylic acid groups (broad SMARTS) is 1. The van der Waals surface area contributed by atoms with Gasteiger partial charge in [0.15, 0.2) is 0 Å². The summed E-state index contributed by atoms with van der Waals surface area (Å²) in [5, 5.41) is 8.92. The highest BCUT2D eigenvalue weighted by molar-refractivity contribution is 5.95. The third kappa shape index (κ3) is 4.48. The molecule has 5 nitrogen and oxygen atoms in total. The fourth-order valence-corrected chi connectivity index (χ4v) is 3.19. The molecule has 1 fully saturated rings. The zero-order valence-electron chi connectivity index (χ0n) is 15.9. The Morgan fingerprint density at radius 1 is 1.11 bits per heavy atom. The summed E-state index contributed by atoms with van der Waals surface area (Å²) in [5.41, 5.74) is 2.47. The minimum Gasteiger partial charge on any atom is -0.493 e. The van der Waals surface area contributed by atoms with E-state index < -0.39 is 5.97 Å². The number of carbonyl (C=O) groups excluding carboxylic acids is 1. The molecule has 3 rings (SSSR count). The molecular formula is C22H25NO4. The Morgan fingerprint density at radius 3 is 2.30 bits per heavy atom. The largest absolute Gasteiger partial charge is 0.493 e. The molecule has 1 aliphatic heterocycles. The lowest BCUT2D eigenvalue weighted by Gasteiger charge is -2.21. The Labute approximate surface area is 159 Å². The molecule has 0 spiro atoms. The van der Waals surface area contributed by atoms with Gasteiger partial charge < -0.3 is 14.7 Å². The number of anilines is 1. The van der Waals surface area contributed by atoms with Crippen LogP contribution in [0.4, 0.5) is 5.69 Å². The first-order valence-corrected chi connectivity index (χ1v) is 9.11. The van der Waals surface area contributed by atoms with E-state index in [9.17, 15) is 9.59 Å². The van der Waals surface area contributed by atoms with Crippen LogP contribution in [0.3, 0.4) is 0 Å².